The van der Waals surface area contributed by atoms with E-state index in [0.717, 1.165) is 11.3 Å². The lowest BCUT2D eigenvalue weighted by atomic mass is 10.1. The van der Waals surface area contributed by atoms with Crippen molar-refractivity contribution < 1.29 is 19.1 Å². The summed E-state index contributed by atoms with van der Waals surface area (Å²) in [5.74, 6) is -0.0515. The molecule has 0 N–H and O–H groups in total. The van der Waals surface area contributed by atoms with Gasteiger partial charge in [-0.25, -0.2) is 4.79 Å². The first-order valence-electron chi connectivity index (χ1n) is 8.01. The summed E-state index contributed by atoms with van der Waals surface area (Å²) in [5.41, 5.74) is 3.15. The SMILES string of the molecule is CCn1c(C)c(C(=O)COc2ccc(Cl)c(C)c2)c(C)c1C(=O)OC. The highest BCUT2D eigenvalue weighted by Crippen LogP contribution is 2.25. The van der Waals surface area contributed by atoms with Crippen LogP contribution in [0.4, 0.5) is 0 Å². The highest BCUT2D eigenvalue weighted by molar-refractivity contribution is 6.31. The first-order valence-corrected chi connectivity index (χ1v) is 8.39. The Morgan fingerprint density at radius 1 is 1.20 bits per heavy atom. The van der Waals surface area contributed by atoms with Crippen LogP contribution in [0.25, 0.3) is 0 Å². The minimum Gasteiger partial charge on any atom is -0.485 e. The van der Waals surface area contributed by atoms with Gasteiger partial charge < -0.3 is 14.0 Å². The van der Waals surface area contributed by atoms with E-state index in [2.05, 4.69) is 0 Å². The van der Waals surface area contributed by atoms with Gasteiger partial charge in [0, 0.05) is 22.8 Å². The summed E-state index contributed by atoms with van der Waals surface area (Å²) < 4.78 is 12.2. The molecule has 0 unspecified atom stereocenters. The molecule has 1 heterocycles. The van der Waals surface area contributed by atoms with Crippen LogP contribution in [-0.2, 0) is 11.3 Å². The van der Waals surface area contributed by atoms with E-state index in [1.807, 2.05) is 20.8 Å². The number of nitrogens with zero attached hydrogens (tertiary/aromatic N) is 1. The Kier molecular flexibility index (Phi) is 5.90. The van der Waals surface area contributed by atoms with E-state index in [4.69, 9.17) is 21.1 Å². The van der Waals surface area contributed by atoms with Crippen molar-refractivity contribution in [2.45, 2.75) is 34.2 Å². The molecule has 0 saturated carbocycles. The predicted molar refractivity (Wildman–Crippen MR) is 96.9 cm³/mol. The molecule has 0 radical (unpaired) electrons. The Hall–Kier alpha value is -2.27. The van der Waals surface area contributed by atoms with Gasteiger partial charge in [0.15, 0.2) is 6.61 Å². The van der Waals surface area contributed by atoms with E-state index in [9.17, 15) is 9.59 Å². The van der Waals surface area contributed by atoms with Crippen molar-refractivity contribution in [3.05, 3.63) is 51.3 Å². The van der Waals surface area contributed by atoms with Crippen molar-refractivity contribution in [1.82, 2.24) is 4.57 Å². The van der Waals surface area contributed by atoms with Gasteiger partial charge in [0.05, 0.1) is 7.11 Å². The number of hydrogen-bond acceptors (Lipinski definition) is 4. The van der Waals surface area contributed by atoms with Crippen LogP contribution in [0, 0.1) is 20.8 Å². The summed E-state index contributed by atoms with van der Waals surface area (Å²) in [6.07, 6.45) is 0. The molecule has 0 fully saturated rings. The van der Waals surface area contributed by atoms with Crippen LogP contribution in [0.1, 0.15) is 44.6 Å². The topological polar surface area (TPSA) is 57.5 Å². The number of aryl methyl sites for hydroxylation is 1. The molecule has 0 spiro atoms. The van der Waals surface area contributed by atoms with Gasteiger partial charge in [-0.2, -0.15) is 0 Å². The fraction of sp³-hybridized carbons (Fsp3) is 0.368. The number of halogens is 1. The van der Waals surface area contributed by atoms with Crippen LogP contribution in [0.15, 0.2) is 18.2 Å². The molecule has 6 heteroatoms. The Balaban J connectivity index is 2.28. The van der Waals surface area contributed by atoms with E-state index >= 15 is 0 Å². The monoisotopic (exact) mass is 363 g/mol. The van der Waals surface area contributed by atoms with Crippen molar-refractivity contribution >= 4 is 23.4 Å². The standard InChI is InChI=1S/C19H22ClNO4/c1-6-21-13(4)17(12(3)18(21)19(23)24-5)16(22)10-25-14-7-8-15(20)11(2)9-14/h7-9H,6,10H2,1-5H3. The zero-order valence-corrected chi connectivity index (χ0v) is 15.9. The van der Waals surface area contributed by atoms with E-state index in [1.165, 1.54) is 7.11 Å². The van der Waals surface area contributed by atoms with Gasteiger partial charge >= 0.3 is 5.97 Å². The third-order valence-corrected chi connectivity index (χ3v) is 4.66. The number of ketones is 1. The van der Waals surface area contributed by atoms with Gasteiger partial charge in [0.1, 0.15) is 11.4 Å². The lowest BCUT2D eigenvalue weighted by molar-refractivity contribution is 0.0587. The van der Waals surface area contributed by atoms with E-state index in [-0.39, 0.29) is 12.4 Å². The maximum Gasteiger partial charge on any atom is 0.354 e. The van der Waals surface area contributed by atoms with Gasteiger partial charge in [0.2, 0.25) is 5.78 Å². The molecule has 2 rings (SSSR count). The van der Waals surface area contributed by atoms with Crippen molar-refractivity contribution in [1.29, 1.82) is 0 Å². The average Bonchev–Trinajstić information content (AvgIpc) is 2.84. The van der Waals surface area contributed by atoms with Crippen molar-refractivity contribution in [3.8, 4) is 5.75 Å². The minimum atomic E-state index is -0.448. The molecule has 1 aromatic heterocycles. The van der Waals surface area contributed by atoms with Gasteiger partial charge in [-0.1, -0.05) is 11.6 Å². The normalized spacial score (nSPS) is 10.6. The largest absolute Gasteiger partial charge is 0.485 e. The number of ether oxygens (including phenoxy) is 2. The molecule has 0 saturated heterocycles. The maximum absolute atomic E-state index is 12.7. The second-order valence-electron chi connectivity index (χ2n) is 5.79. The highest BCUT2D eigenvalue weighted by atomic mass is 35.5. The second-order valence-corrected chi connectivity index (χ2v) is 6.20. The number of hydrogen-bond donors (Lipinski definition) is 0. The van der Waals surface area contributed by atoms with Crippen molar-refractivity contribution in [2.75, 3.05) is 13.7 Å². The molecule has 0 aliphatic carbocycles. The lowest BCUT2D eigenvalue weighted by Gasteiger charge is -2.08. The summed E-state index contributed by atoms with van der Waals surface area (Å²) in [6.45, 7) is 7.82. The van der Waals surface area contributed by atoms with Crippen LogP contribution in [0.2, 0.25) is 5.02 Å². The quantitative estimate of drug-likeness (QED) is 0.571. The van der Waals surface area contributed by atoms with Crippen LogP contribution >= 0.6 is 11.6 Å². The fourth-order valence-electron chi connectivity index (χ4n) is 2.99. The second kappa shape index (κ2) is 7.74. The highest BCUT2D eigenvalue weighted by Gasteiger charge is 2.26. The van der Waals surface area contributed by atoms with Crippen molar-refractivity contribution in [2.24, 2.45) is 0 Å². The van der Waals surface area contributed by atoms with Gasteiger partial charge in [-0.15, -0.1) is 0 Å². The number of aromatic nitrogens is 1. The van der Waals surface area contributed by atoms with Crippen LogP contribution in [0.5, 0.6) is 5.75 Å². The van der Waals surface area contributed by atoms with Crippen LogP contribution < -0.4 is 4.74 Å². The average molecular weight is 364 g/mol. The summed E-state index contributed by atoms with van der Waals surface area (Å²) in [7, 11) is 1.33. The number of methoxy groups -OCH3 is 1. The summed E-state index contributed by atoms with van der Waals surface area (Å²) in [4.78, 5) is 24.7. The summed E-state index contributed by atoms with van der Waals surface area (Å²) >= 11 is 5.99. The van der Waals surface area contributed by atoms with Gasteiger partial charge in [0.25, 0.3) is 0 Å². The molecule has 5 nitrogen and oxygen atoms in total. The van der Waals surface area contributed by atoms with Gasteiger partial charge in [-0.05, 0) is 57.0 Å². The molecule has 1 aromatic carbocycles. The zero-order chi connectivity index (χ0) is 18.7. The molecule has 0 amide bonds. The number of benzene rings is 1. The summed E-state index contributed by atoms with van der Waals surface area (Å²) in [6, 6.07) is 5.24. The minimum absolute atomic E-state index is 0.114. The number of carbonyl (C=O) groups excluding carboxylic acids is 2. The Bertz CT molecular complexity index is 823. The van der Waals surface area contributed by atoms with E-state index in [0.29, 0.717) is 34.1 Å². The number of rotatable bonds is 6. The predicted octanol–water partition coefficient (Wildman–Crippen LogP) is 4.13. The Labute approximate surface area is 152 Å². The third kappa shape index (κ3) is 3.71. The Morgan fingerprint density at radius 2 is 1.88 bits per heavy atom. The first-order chi connectivity index (χ1) is 11.8. The van der Waals surface area contributed by atoms with E-state index < -0.39 is 5.97 Å². The smallest absolute Gasteiger partial charge is 0.354 e. The molecular weight excluding hydrogens is 342 g/mol. The zero-order valence-electron chi connectivity index (χ0n) is 15.1. The molecule has 25 heavy (non-hydrogen) atoms. The molecule has 0 aliphatic rings. The Morgan fingerprint density at radius 3 is 2.44 bits per heavy atom. The molecule has 134 valence electrons. The number of esters is 1. The summed E-state index contributed by atoms with van der Waals surface area (Å²) in [5, 5.41) is 0.646. The number of carbonyl (C=O) groups is 2. The number of Topliss-reactive ketones (excluding diaryl/α,β-unsaturated/α-hetero) is 1. The molecule has 0 aliphatic heterocycles. The van der Waals surface area contributed by atoms with Gasteiger partial charge in [-0.3, -0.25) is 4.79 Å². The van der Waals surface area contributed by atoms with Crippen molar-refractivity contribution in [3.63, 3.8) is 0 Å². The molecule has 0 bridgehead atoms. The van der Waals surface area contributed by atoms with Crippen LogP contribution in [-0.4, -0.2) is 30.0 Å². The molecular formula is C19H22ClNO4. The molecule has 2 aromatic rings. The van der Waals surface area contributed by atoms with E-state index in [1.54, 1.807) is 29.7 Å². The maximum atomic E-state index is 12.7. The first kappa shape index (κ1) is 19.1. The fourth-order valence-corrected chi connectivity index (χ4v) is 3.11. The van der Waals surface area contributed by atoms with Crippen LogP contribution in [0.3, 0.4) is 0 Å². The molecule has 0 atom stereocenters. The lowest BCUT2D eigenvalue weighted by Crippen LogP contribution is -2.13. The third-order valence-electron chi connectivity index (χ3n) is 4.24.